The van der Waals surface area contributed by atoms with Gasteiger partial charge in [-0.05, 0) is 18.6 Å². The molecule has 10 heteroatoms. The number of hydrogen-bond acceptors (Lipinski definition) is 7. The summed E-state index contributed by atoms with van der Waals surface area (Å²) in [6.45, 7) is 5.63. The molecular formula is C24H26F3NO6. The van der Waals surface area contributed by atoms with E-state index in [2.05, 4.69) is 4.98 Å². The number of carbonyl (C=O) groups excluding carboxylic acids is 3. The molecule has 0 fully saturated rings. The van der Waals surface area contributed by atoms with Crippen molar-refractivity contribution in [1.82, 2.24) is 4.98 Å². The lowest BCUT2D eigenvalue weighted by molar-refractivity contribution is -0.153. The first-order chi connectivity index (χ1) is 15.9. The van der Waals surface area contributed by atoms with Crippen LogP contribution in [0.1, 0.15) is 61.6 Å². The van der Waals surface area contributed by atoms with Crippen molar-refractivity contribution < 1.29 is 41.8 Å². The number of aromatic nitrogens is 1. The number of carbonyl (C=O) groups is 3. The van der Waals surface area contributed by atoms with Crippen LogP contribution in [0.5, 0.6) is 11.5 Å². The Balaban J connectivity index is 2.13. The fourth-order valence-corrected chi connectivity index (χ4v) is 3.30. The molecule has 0 unspecified atom stereocenters. The molecular weight excluding hydrogens is 455 g/mol. The van der Waals surface area contributed by atoms with Gasteiger partial charge in [0.05, 0.1) is 18.6 Å². The number of benzene rings is 1. The van der Waals surface area contributed by atoms with E-state index in [1.165, 1.54) is 58.3 Å². The number of pyridine rings is 1. The van der Waals surface area contributed by atoms with Crippen LogP contribution in [0.4, 0.5) is 13.2 Å². The number of methoxy groups -OCH3 is 1. The van der Waals surface area contributed by atoms with Gasteiger partial charge in [0.1, 0.15) is 6.10 Å². The second-order valence-electron chi connectivity index (χ2n) is 7.83. The molecule has 0 bridgehead atoms. The van der Waals surface area contributed by atoms with E-state index in [-0.39, 0.29) is 29.2 Å². The number of rotatable bonds is 9. The molecule has 184 valence electrons. The topological polar surface area (TPSA) is 91.8 Å². The van der Waals surface area contributed by atoms with E-state index in [1.54, 1.807) is 0 Å². The van der Waals surface area contributed by atoms with Crippen LogP contribution in [-0.4, -0.2) is 35.9 Å². The highest BCUT2D eigenvalue weighted by atomic mass is 19.4. The highest BCUT2D eigenvalue weighted by Gasteiger charge is 2.36. The van der Waals surface area contributed by atoms with Crippen LogP contribution in [0.3, 0.4) is 0 Å². The van der Waals surface area contributed by atoms with Crippen LogP contribution < -0.4 is 9.47 Å². The SMILES string of the molecule is COc1ccnc(C(=O)C[C@@H](C)C(=O)O[C@H](C)[C@H](C)c2ccccc2C(F)(F)F)c1OC(C)=O. The summed E-state index contributed by atoms with van der Waals surface area (Å²) in [4.78, 5) is 40.7. The zero-order valence-corrected chi connectivity index (χ0v) is 19.4. The number of halogens is 3. The Bertz CT molecular complexity index is 1050. The van der Waals surface area contributed by atoms with Crippen molar-refractivity contribution in [3.8, 4) is 11.5 Å². The Hall–Kier alpha value is -3.43. The Morgan fingerprint density at radius 3 is 2.29 bits per heavy atom. The first-order valence-corrected chi connectivity index (χ1v) is 10.5. The minimum atomic E-state index is -4.54. The monoisotopic (exact) mass is 481 g/mol. The van der Waals surface area contributed by atoms with Crippen molar-refractivity contribution in [3.63, 3.8) is 0 Å². The van der Waals surface area contributed by atoms with Crippen molar-refractivity contribution in [2.24, 2.45) is 5.92 Å². The van der Waals surface area contributed by atoms with Crippen molar-refractivity contribution in [2.45, 2.75) is 52.3 Å². The molecule has 34 heavy (non-hydrogen) atoms. The van der Waals surface area contributed by atoms with Gasteiger partial charge >= 0.3 is 18.1 Å². The van der Waals surface area contributed by atoms with Gasteiger partial charge in [-0.25, -0.2) is 4.98 Å². The lowest BCUT2D eigenvalue weighted by atomic mass is 9.91. The minimum Gasteiger partial charge on any atom is -0.493 e. The zero-order valence-electron chi connectivity index (χ0n) is 19.4. The maximum atomic E-state index is 13.3. The van der Waals surface area contributed by atoms with E-state index in [0.717, 1.165) is 13.0 Å². The summed E-state index contributed by atoms with van der Waals surface area (Å²) in [6, 6.07) is 6.51. The zero-order chi connectivity index (χ0) is 25.6. The Labute approximate surface area is 195 Å². The van der Waals surface area contributed by atoms with Crippen molar-refractivity contribution >= 4 is 17.7 Å². The number of alkyl halides is 3. The van der Waals surface area contributed by atoms with Crippen molar-refractivity contribution in [1.29, 1.82) is 0 Å². The standard InChI is InChI=1S/C24H26F3NO6/c1-13(12-19(30)21-22(34-16(4)29)20(32-5)10-11-28-21)23(31)33-15(3)14(2)17-8-6-7-9-18(17)24(25,26)27/h6-11,13-15H,12H2,1-5H3/t13-,14+,15-/m1/s1. The first kappa shape index (κ1) is 26.8. The molecule has 3 atom stereocenters. The molecule has 7 nitrogen and oxygen atoms in total. The Kier molecular flexibility index (Phi) is 8.78. The molecule has 2 rings (SSSR count). The quantitative estimate of drug-likeness (QED) is 0.369. The highest BCUT2D eigenvalue weighted by Crippen LogP contribution is 2.37. The van der Waals surface area contributed by atoms with Gasteiger partial charge in [-0.15, -0.1) is 0 Å². The number of esters is 2. The molecule has 0 amide bonds. The van der Waals surface area contributed by atoms with Gasteiger partial charge in [0.25, 0.3) is 0 Å². The molecule has 0 saturated carbocycles. The number of ether oxygens (including phenoxy) is 3. The van der Waals surface area contributed by atoms with Gasteiger partial charge < -0.3 is 14.2 Å². The van der Waals surface area contributed by atoms with E-state index in [1.807, 2.05) is 0 Å². The maximum Gasteiger partial charge on any atom is 0.416 e. The number of ketones is 1. The lowest BCUT2D eigenvalue weighted by Crippen LogP contribution is -2.27. The van der Waals surface area contributed by atoms with Crippen LogP contribution >= 0.6 is 0 Å². The van der Waals surface area contributed by atoms with Crippen LogP contribution in [0.25, 0.3) is 0 Å². The van der Waals surface area contributed by atoms with Crippen LogP contribution in [-0.2, 0) is 20.5 Å². The summed E-state index contributed by atoms with van der Waals surface area (Å²) < 4.78 is 55.6. The lowest BCUT2D eigenvalue weighted by Gasteiger charge is -2.25. The first-order valence-electron chi connectivity index (χ1n) is 10.5. The molecule has 1 heterocycles. The second-order valence-corrected chi connectivity index (χ2v) is 7.83. The van der Waals surface area contributed by atoms with Gasteiger partial charge in [-0.1, -0.05) is 32.0 Å². The van der Waals surface area contributed by atoms with E-state index >= 15 is 0 Å². The molecule has 0 N–H and O–H groups in total. The molecule has 0 saturated heterocycles. The van der Waals surface area contributed by atoms with Gasteiger partial charge in [0.2, 0.25) is 5.75 Å². The Morgan fingerprint density at radius 1 is 1.06 bits per heavy atom. The van der Waals surface area contributed by atoms with Crippen LogP contribution in [0.2, 0.25) is 0 Å². The molecule has 0 aliphatic rings. The fraction of sp³-hybridized carbons (Fsp3) is 0.417. The van der Waals surface area contributed by atoms with E-state index in [9.17, 15) is 27.6 Å². The molecule has 0 spiro atoms. The molecule has 1 aromatic carbocycles. The summed E-state index contributed by atoms with van der Waals surface area (Å²) >= 11 is 0. The summed E-state index contributed by atoms with van der Waals surface area (Å²) in [5, 5.41) is 0. The van der Waals surface area contributed by atoms with E-state index in [0.29, 0.717) is 0 Å². The molecule has 2 aromatic rings. The molecule has 0 radical (unpaired) electrons. The molecule has 0 aliphatic heterocycles. The largest absolute Gasteiger partial charge is 0.493 e. The molecule has 0 aliphatic carbocycles. The molecule has 1 aromatic heterocycles. The number of nitrogens with zero attached hydrogens (tertiary/aromatic N) is 1. The van der Waals surface area contributed by atoms with Crippen LogP contribution in [0, 0.1) is 5.92 Å². The van der Waals surface area contributed by atoms with Gasteiger partial charge in [-0.3, -0.25) is 14.4 Å². The minimum absolute atomic E-state index is 0.00522. The normalized spacial score (nSPS) is 14.0. The third-order valence-electron chi connectivity index (χ3n) is 5.26. The Morgan fingerprint density at radius 2 is 1.71 bits per heavy atom. The summed E-state index contributed by atoms with van der Waals surface area (Å²) in [5.41, 5.74) is -0.976. The van der Waals surface area contributed by atoms with Gasteiger partial charge in [-0.2, -0.15) is 13.2 Å². The van der Waals surface area contributed by atoms with E-state index in [4.69, 9.17) is 14.2 Å². The summed E-state index contributed by atoms with van der Waals surface area (Å²) in [5.74, 6) is -3.76. The third-order valence-corrected chi connectivity index (χ3v) is 5.26. The van der Waals surface area contributed by atoms with Crippen molar-refractivity contribution in [2.75, 3.05) is 7.11 Å². The summed E-state index contributed by atoms with van der Waals surface area (Å²) in [6.07, 6.45) is -4.46. The van der Waals surface area contributed by atoms with E-state index < -0.39 is 47.4 Å². The predicted molar refractivity (Wildman–Crippen MR) is 116 cm³/mol. The average molecular weight is 481 g/mol. The van der Waals surface area contributed by atoms with Gasteiger partial charge in [0, 0.05) is 31.5 Å². The highest BCUT2D eigenvalue weighted by molar-refractivity contribution is 5.99. The fourth-order valence-electron chi connectivity index (χ4n) is 3.30. The third kappa shape index (κ3) is 6.55. The van der Waals surface area contributed by atoms with Crippen molar-refractivity contribution in [3.05, 3.63) is 53.3 Å². The van der Waals surface area contributed by atoms with Gasteiger partial charge in [0.15, 0.2) is 17.2 Å². The predicted octanol–water partition coefficient (Wildman–Crippen LogP) is 4.98. The maximum absolute atomic E-state index is 13.3. The smallest absolute Gasteiger partial charge is 0.416 e. The number of hydrogen-bond donors (Lipinski definition) is 0. The summed E-state index contributed by atoms with van der Waals surface area (Å²) in [7, 11) is 1.33. The second kappa shape index (κ2) is 11.1. The van der Waals surface area contributed by atoms with Crippen LogP contribution in [0.15, 0.2) is 36.5 Å². The number of Topliss-reactive ketones (excluding diaryl/α,β-unsaturated/α-hetero) is 1. The average Bonchev–Trinajstić information content (AvgIpc) is 2.77.